The van der Waals surface area contributed by atoms with Gasteiger partial charge in [0.25, 0.3) is 0 Å². The van der Waals surface area contributed by atoms with Gasteiger partial charge in [-0.15, -0.1) is 0 Å². The molecule has 0 aliphatic heterocycles. The van der Waals surface area contributed by atoms with Crippen LogP contribution in [0, 0.1) is 6.92 Å². The molecule has 1 aromatic carbocycles. The Hall–Kier alpha value is -3.55. The molecule has 0 bridgehead atoms. The average molecular weight is 430 g/mol. The van der Waals surface area contributed by atoms with E-state index >= 15 is 0 Å². The fraction of sp³-hybridized carbons (Fsp3) is 0.130. The second-order valence-corrected chi connectivity index (χ2v) is 7.72. The number of hydrogen-bond acceptors (Lipinski definition) is 5. The minimum absolute atomic E-state index is 0.590. The third kappa shape index (κ3) is 4.19. The first-order valence-corrected chi connectivity index (χ1v) is 10.3. The number of hydrogen-bond donors (Lipinski definition) is 2. The molecule has 154 valence electrons. The highest BCUT2D eigenvalue weighted by atomic mass is 35.5. The van der Waals surface area contributed by atoms with Gasteiger partial charge in [0.2, 0.25) is 0 Å². The van der Waals surface area contributed by atoms with Gasteiger partial charge >= 0.3 is 0 Å². The number of H-pyrrole nitrogens is 1. The maximum Gasteiger partial charge on any atom is 0.155 e. The molecule has 5 aromatic rings. The van der Waals surface area contributed by atoms with Crippen LogP contribution < -0.4 is 5.32 Å². The minimum Gasteiger partial charge on any atom is -0.339 e. The molecule has 31 heavy (non-hydrogen) atoms. The molecule has 0 amide bonds. The number of halogens is 1. The van der Waals surface area contributed by atoms with Gasteiger partial charge in [0.1, 0.15) is 12.2 Å². The number of fused-ring (bicyclic) bond motifs is 1. The number of nitrogens with one attached hydrogen (secondary N) is 2. The SMILES string of the molecule is Cc1cccc(-c2[nH]c(CNCc3ccc(Cl)cc3)nc2-c2ccc3ncnn3c2)n1. The van der Waals surface area contributed by atoms with Crippen LogP contribution in [0.15, 0.2) is 67.1 Å². The van der Waals surface area contributed by atoms with E-state index in [0.29, 0.717) is 6.54 Å². The molecule has 5 rings (SSSR count). The Bertz CT molecular complexity index is 1340. The van der Waals surface area contributed by atoms with Gasteiger partial charge in [0, 0.05) is 29.0 Å². The molecule has 7 nitrogen and oxygen atoms in total. The van der Waals surface area contributed by atoms with Crippen molar-refractivity contribution in [3.05, 3.63) is 89.2 Å². The summed E-state index contributed by atoms with van der Waals surface area (Å²) in [4.78, 5) is 17.3. The lowest BCUT2D eigenvalue weighted by Gasteiger charge is -2.04. The minimum atomic E-state index is 0.590. The van der Waals surface area contributed by atoms with Gasteiger partial charge in [-0.3, -0.25) is 4.98 Å². The quantitative estimate of drug-likeness (QED) is 0.417. The number of aryl methyl sites for hydroxylation is 1. The van der Waals surface area contributed by atoms with Crippen molar-refractivity contribution < 1.29 is 0 Å². The highest BCUT2D eigenvalue weighted by Crippen LogP contribution is 2.29. The molecule has 0 aliphatic rings. The predicted octanol–water partition coefficient (Wildman–Crippen LogP) is 4.43. The predicted molar refractivity (Wildman–Crippen MR) is 121 cm³/mol. The zero-order valence-corrected chi connectivity index (χ0v) is 17.6. The Balaban J connectivity index is 1.46. The van der Waals surface area contributed by atoms with Crippen LogP contribution in [0.2, 0.25) is 5.02 Å². The first kappa shape index (κ1) is 19.4. The first-order chi connectivity index (χ1) is 15.2. The van der Waals surface area contributed by atoms with Crippen molar-refractivity contribution in [2.45, 2.75) is 20.0 Å². The summed E-state index contributed by atoms with van der Waals surface area (Å²) < 4.78 is 1.75. The van der Waals surface area contributed by atoms with Crippen LogP contribution in [0.5, 0.6) is 0 Å². The summed E-state index contributed by atoms with van der Waals surface area (Å²) in [6, 6.07) is 17.7. The topological polar surface area (TPSA) is 83.8 Å². The van der Waals surface area contributed by atoms with E-state index in [0.717, 1.165) is 56.9 Å². The molecule has 0 atom stereocenters. The second-order valence-electron chi connectivity index (χ2n) is 7.28. The van der Waals surface area contributed by atoms with Crippen LogP contribution in [0.1, 0.15) is 17.1 Å². The van der Waals surface area contributed by atoms with E-state index in [2.05, 4.69) is 20.4 Å². The third-order valence-corrected chi connectivity index (χ3v) is 5.23. The lowest BCUT2D eigenvalue weighted by molar-refractivity contribution is 0.669. The van der Waals surface area contributed by atoms with Gasteiger partial charge in [-0.25, -0.2) is 14.5 Å². The molecule has 0 saturated carbocycles. The molecule has 0 aliphatic carbocycles. The summed E-state index contributed by atoms with van der Waals surface area (Å²) in [5.74, 6) is 0.834. The van der Waals surface area contributed by atoms with Gasteiger partial charge < -0.3 is 10.3 Å². The van der Waals surface area contributed by atoms with Crippen molar-refractivity contribution in [2.75, 3.05) is 0 Å². The zero-order valence-electron chi connectivity index (χ0n) is 16.9. The molecule has 0 unspecified atom stereocenters. The van der Waals surface area contributed by atoms with Crippen LogP contribution in [0.25, 0.3) is 28.3 Å². The van der Waals surface area contributed by atoms with Crippen molar-refractivity contribution in [3.63, 3.8) is 0 Å². The third-order valence-electron chi connectivity index (χ3n) is 4.98. The van der Waals surface area contributed by atoms with Gasteiger partial charge in [-0.05, 0) is 48.9 Å². The van der Waals surface area contributed by atoms with Crippen LogP contribution in [-0.2, 0) is 13.1 Å². The summed E-state index contributed by atoms with van der Waals surface area (Å²) >= 11 is 5.97. The van der Waals surface area contributed by atoms with E-state index < -0.39 is 0 Å². The Kier molecular flexibility index (Phi) is 5.19. The second kappa shape index (κ2) is 8.29. The van der Waals surface area contributed by atoms with Crippen molar-refractivity contribution in [2.24, 2.45) is 0 Å². The summed E-state index contributed by atoms with van der Waals surface area (Å²) in [5.41, 5.74) is 6.41. The maximum atomic E-state index is 5.97. The molecule has 0 fully saturated rings. The van der Waals surface area contributed by atoms with Crippen LogP contribution in [0.4, 0.5) is 0 Å². The number of imidazole rings is 1. The monoisotopic (exact) mass is 429 g/mol. The Morgan fingerprint density at radius 1 is 1.00 bits per heavy atom. The Morgan fingerprint density at radius 3 is 2.71 bits per heavy atom. The van der Waals surface area contributed by atoms with E-state index in [4.69, 9.17) is 21.6 Å². The fourth-order valence-electron chi connectivity index (χ4n) is 3.47. The average Bonchev–Trinajstić information content (AvgIpc) is 3.41. The summed E-state index contributed by atoms with van der Waals surface area (Å²) in [6.45, 7) is 3.29. The molecule has 4 heterocycles. The number of benzene rings is 1. The number of aromatic nitrogens is 6. The van der Waals surface area contributed by atoms with Crippen molar-refractivity contribution >= 4 is 17.2 Å². The normalized spacial score (nSPS) is 11.3. The van der Waals surface area contributed by atoms with E-state index in [-0.39, 0.29) is 0 Å². The molecular formula is C23H20ClN7. The summed E-state index contributed by atoms with van der Waals surface area (Å²) in [7, 11) is 0. The number of nitrogens with zero attached hydrogens (tertiary/aromatic N) is 5. The van der Waals surface area contributed by atoms with Crippen molar-refractivity contribution in [1.29, 1.82) is 0 Å². The molecule has 8 heteroatoms. The number of aromatic amines is 1. The molecule has 0 spiro atoms. The van der Waals surface area contributed by atoms with E-state index in [1.807, 2.05) is 67.7 Å². The maximum absolute atomic E-state index is 5.97. The highest BCUT2D eigenvalue weighted by molar-refractivity contribution is 6.30. The lowest BCUT2D eigenvalue weighted by Crippen LogP contribution is -2.13. The first-order valence-electron chi connectivity index (χ1n) is 9.93. The van der Waals surface area contributed by atoms with Crippen molar-refractivity contribution in [1.82, 2.24) is 34.9 Å². The van der Waals surface area contributed by atoms with Gasteiger partial charge in [-0.2, -0.15) is 5.10 Å². The fourth-order valence-corrected chi connectivity index (χ4v) is 3.59. The van der Waals surface area contributed by atoms with Gasteiger partial charge in [-0.1, -0.05) is 29.8 Å². The van der Waals surface area contributed by atoms with Crippen LogP contribution in [-0.4, -0.2) is 29.5 Å². The number of pyridine rings is 2. The standard InChI is InChI=1S/C23H20ClN7/c1-15-3-2-4-19(28-15)23-22(17-7-10-21-26-14-27-31(21)13-17)29-20(30-23)12-25-11-16-5-8-18(24)9-6-16/h2-10,13-14,25H,11-12H2,1H3,(H,29,30). The lowest BCUT2D eigenvalue weighted by atomic mass is 10.1. The molecule has 0 saturated heterocycles. The molecule has 2 N–H and O–H groups in total. The van der Waals surface area contributed by atoms with E-state index in [9.17, 15) is 0 Å². The van der Waals surface area contributed by atoms with Gasteiger partial charge in [0.15, 0.2) is 5.65 Å². The summed E-state index contributed by atoms with van der Waals surface area (Å²) in [5, 5.41) is 8.42. The molecule has 4 aromatic heterocycles. The molecular weight excluding hydrogens is 410 g/mol. The zero-order chi connectivity index (χ0) is 21.2. The largest absolute Gasteiger partial charge is 0.339 e. The smallest absolute Gasteiger partial charge is 0.155 e. The van der Waals surface area contributed by atoms with E-state index in [1.165, 1.54) is 0 Å². The van der Waals surface area contributed by atoms with Crippen molar-refractivity contribution in [3.8, 4) is 22.6 Å². The molecule has 0 radical (unpaired) electrons. The Morgan fingerprint density at radius 2 is 1.87 bits per heavy atom. The summed E-state index contributed by atoms with van der Waals surface area (Å²) in [6.07, 6.45) is 3.47. The van der Waals surface area contributed by atoms with Crippen LogP contribution >= 0.6 is 11.6 Å². The highest BCUT2D eigenvalue weighted by Gasteiger charge is 2.16. The van der Waals surface area contributed by atoms with Crippen LogP contribution in [0.3, 0.4) is 0 Å². The Labute approximate surface area is 184 Å². The number of rotatable bonds is 6. The van der Waals surface area contributed by atoms with E-state index in [1.54, 1.807) is 10.8 Å². The van der Waals surface area contributed by atoms with Gasteiger partial charge in [0.05, 0.1) is 23.6 Å².